The summed E-state index contributed by atoms with van der Waals surface area (Å²) < 4.78 is 12.5. The first-order valence-electron chi connectivity index (χ1n) is 5.57. The minimum atomic E-state index is -0.422. The third kappa shape index (κ3) is 3.35. The summed E-state index contributed by atoms with van der Waals surface area (Å²) in [6.07, 6.45) is 1.38. The summed E-state index contributed by atoms with van der Waals surface area (Å²) in [5, 5.41) is 2.64. The predicted molar refractivity (Wildman–Crippen MR) is 70.3 cm³/mol. The number of benzene rings is 1. The molecule has 1 aromatic carbocycles. The molecule has 2 aromatic rings. The Morgan fingerprint density at radius 1 is 1.42 bits per heavy atom. The minimum absolute atomic E-state index is 0.242. The predicted octanol–water partition coefficient (Wildman–Crippen LogP) is 1.97. The summed E-state index contributed by atoms with van der Waals surface area (Å²) in [6.45, 7) is 2.04. The smallest absolute Gasteiger partial charge is 0.338 e. The van der Waals surface area contributed by atoms with Crippen molar-refractivity contribution in [3.05, 3.63) is 41.7 Å². The number of amides is 1. The molecule has 1 amide bonds. The first-order valence-corrected chi connectivity index (χ1v) is 6.30. The van der Waals surface area contributed by atoms with Crippen LogP contribution in [0.3, 0.4) is 0 Å². The molecule has 0 spiro atoms. The fourth-order valence-corrected chi connectivity index (χ4v) is 1.81. The zero-order valence-corrected chi connectivity index (χ0v) is 10.9. The highest BCUT2D eigenvalue weighted by atomic mass is 32.1. The van der Waals surface area contributed by atoms with Crippen LogP contribution in [0, 0.1) is 0 Å². The van der Waals surface area contributed by atoms with Crippen LogP contribution < -0.4 is 5.32 Å². The molecule has 98 valence electrons. The number of nitrogens with zero attached hydrogens (tertiary/aromatic N) is 2. The monoisotopic (exact) mass is 277 g/mol. The van der Waals surface area contributed by atoms with Crippen LogP contribution in [0.5, 0.6) is 0 Å². The number of hydrogen-bond donors (Lipinski definition) is 1. The van der Waals surface area contributed by atoms with Crippen molar-refractivity contribution >= 4 is 29.3 Å². The third-order valence-corrected chi connectivity index (χ3v) is 2.70. The highest BCUT2D eigenvalue weighted by Gasteiger charge is 2.11. The van der Waals surface area contributed by atoms with E-state index in [1.807, 2.05) is 0 Å². The van der Waals surface area contributed by atoms with Gasteiger partial charge in [0.15, 0.2) is 5.69 Å². The second-order valence-corrected chi connectivity index (χ2v) is 4.10. The van der Waals surface area contributed by atoms with Gasteiger partial charge in [-0.2, -0.15) is 8.75 Å². The molecular weight excluding hydrogens is 266 g/mol. The van der Waals surface area contributed by atoms with E-state index in [-0.39, 0.29) is 11.6 Å². The highest BCUT2D eigenvalue weighted by Crippen LogP contribution is 2.13. The lowest BCUT2D eigenvalue weighted by atomic mass is 10.2. The van der Waals surface area contributed by atoms with E-state index >= 15 is 0 Å². The van der Waals surface area contributed by atoms with Gasteiger partial charge in [0.2, 0.25) is 0 Å². The van der Waals surface area contributed by atoms with Crippen molar-refractivity contribution in [3.63, 3.8) is 0 Å². The molecule has 1 heterocycles. The summed E-state index contributed by atoms with van der Waals surface area (Å²) in [4.78, 5) is 23.3. The molecule has 0 radical (unpaired) electrons. The van der Waals surface area contributed by atoms with Crippen molar-refractivity contribution in [2.24, 2.45) is 0 Å². The maximum atomic E-state index is 11.8. The van der Waals surface area contributed by atoms with Crippen LogP contribution in [-0.2, 0) is 4.74 Å². The molecule has 0 atom stereocenters. The van der Waals surface area contributed by atoms with Crippen molar-refractivity contribution in [1.82, 2.24) is 8.75 Å². The number of aromatic nitrogens is 2. The van der Waals surface area contributed by atoms with Crippen molar-refractivity contribution in [2.75, 3.05) is 11.9 Å². The van der Waals surface area contributed by atoms with Crippen LogP contribution in [0.1, 0.15) is 27.8 Å². The molecule has 2 rings (SSSR count). The Kier molecular flexibility index (Phi) is 4.19. The quantitative estimate of drug-likeness (QED) is 0.864. The number of ether oxygens (including phenoxy) is 1. The van der Waals surface area contributed by atoms with Crippen LogP contribution in [0.4, 0.5) is 5.69 Å². The van der Waals surface area contributed by atoms with E-state index in [1.54, 1.807) is 31.2 Å². The number of rotatable bonds is 4. The lowest BCUT2D eigenvalue weighted by Crippen LogP contribution is -2.13. The van der Waals surface area contributed by atoms with Crippen LogP contribution in [0.2, 0.25) is 0 Å². The van der Waals surface area contributed by atoms with Crippen molar-refractivity contribution in [1.29, 1.82) is 0 Å². The summed E-state index contributed by atoms with van der Waals surface area (Å²) in [5.74, 6) is -0.788. The van der Waals surface area contributed by atoms with E-state index < -0.39 is 5.97 Å². The molecule has 0 unspecified atom stereocenters. The van der Waals surface area contributed by atoms with E-state index in [0.717, 1.165) is 11.7 Å². The van der Waals surface area contributed by atoms with Gasteiger partial charge >= 0.3 is 5.97 Å². The molecule has 0 fully saturated rings. The van der Waals surface area contributed by atoms with Gasteiger partial charge in [-0.15, -0.1) is 0 Å². The maximum Gasteiger partial charge on any atom is 0.338 e. The second kappa shape index (κ2) is 6.05. The normalized spacial score (nSPS) is 9.95. The lowest BCUT2D eigenvalue weighted by molar-refractivity contribution is 0.0526. The van der Waals surface area contributed by atoms with Gasteiger partial charge in [0.05, 0.1) is 30.1 Å². The maximum absolute atomic E-state index is 11.8. The Hall–Kier alpha value is -2.28. The molecular formula is C12H11N3O3S. The molecule has 0 saturated carbocycles. The Morgan fingerprint density at radius 3 is 2.95 bits per heavy atom. The Bertz CT molecular complexity index is 584. The average Bonchev–Trinajstić information content (AvgIpc) is 2.93. The number of hydrogen-bond acceptors (Lipinski definition) is 6. The van der Waals surface area contributed by atoms with Gasteiger partial charge in [0, 0.05) is 5.69 Å². The van der Waals surface area contributed by atoms with Gasteiger partial charge < -0.3 is 10.1 Å². The Labute approximate surface area is 113 Å². The number of carbonyl (C=O) groups is 2. The van der Waals surface area contributed by atoms with Crippen LogP contribution in [0.15, 0.2) is 30.5 Å². The Morgan fingerprint density at radius 2 is 2.26 bits per heavy atom. The molecule has 6 nitrogen and oxygen atoms in total. The Balaban J connectivity index is 2.11. The third-order valence-electron chi connectivity index (χ3n) is 2.23. The van der Waals surface area contributed by atoms with E-state index in [4.69, 9.17) is 4.74 Å². The number of anilines is 1. The number of nitrogens with one attached hydrogen (secondary N) is 1. The highest BCUT2D eigenvalue weighted by molar-refractivity contribution is 6.99. The van der Waals surface area contributed by atoms with E-state index in [9.17, 15) is 9.59 Å². The average molecular weight is 277 g/mol. The van der Waals surface area contributed by atoms with Crippen LogP contribution >= 0.6 is 11.7 Å². The lowest BCUT2D eigenvalue weighted by Gasteiger charge is -2.05. The summed E-state index contributed by atoms with van der Waals surface area (Å²) >= 11 is 0.958. The second-order valence-electron chi connectivity index (χ2n) is 3.55. The van der Waals surface area contributed by atoms with Gasteiger partial charge in [0.1, 0.15) is 0 Å². The molecule has 0 aliphatic carbocycles. The zero-order valence-electron chi connectivity index (χ0n) is 10.1. The molecule has 0 saturated heterocycles. The van der Waals surface area contributed by atoms with Gasteiger partial charge in [-0.05, 0) is 25.1 Å². The van der Waals surface area contributed by atoms with Gasteiger partial charge in [0.25, 0.3) is 5.91 Å². The number of carbonyl (C=O) groups excluding carboxylic acids is 2. The molecule has 1 N–H and O–H groups in total. The van der Waals surface area contributed by atoms with E-state index in [0.29, 0.717) is 17.9 Å². The van der Waals surface area contributed by atoms with Gasteiger partial charge in [-0.1, -0.05) is 6.07 Å². The topological polar surface area (TPSA) is 81.2 Å². The van der Waals surface area contributed by atoms with Crippen molar-refractivity contribution < 1.29 is 14.3 Å². The molecule has 0 aliphatic heterocycles. The molecule has 0 bridgehead atoms. The van der Waals surface area contributed by atoms with Crippen LogP contribution in [-0.4, -0.2) is 27.2 Å². The standard InChI is InChI=1S/C12H11N3O3S/c1-2-18-12(17)8-4-3-5-9(6-8)14-11(16)10-7-13-19-15-10/h3-7H,2H2,1H3,(H,14,16). The van der Waals surface area contributed by atoms with Crippen molar-refractivity contribution in [2.45, 2.75) is 6.92 Å². The van der Waals surface area contributed by atoms with Gasteiger partial charge in [-0.25, -0.2) is 4.79 Å². The van der Waals surface area contributed by atoms with Gasteiger partial charge in [-0.3, -0.25) is 4.79 Å². The summed E-state index contributed by atoms with van der Waals surface area (Å²) in [7, 11) is 0. The van der Waals surface area contributed by atoms with E-state index in [2.05, 4.69) is 14.1 Å². The summed E-state index contributed by atoms with van der Waals surface area (Å²) in [5.41, 5.74) is 1.13. The SMILES string of the molecule is CCOC(=O)c1cccc(NC(=O)c2cnsn2)c1. The largest absolute Gasteiger partial charge is 0.462 e. The van der Waals surface area contributed by atoms with Crippen LogP contribution in [0.25, 0.3) is 0 Å². The first kappa shape index (κ1) is 13.2. The molecule has 19 heavy (non-hydrogen) atoms. The fourth-order valence-electron chi connectivity index (χ4n) is 1.40. The zero-order chi connectivity index (χ0) is 13.7. The molecule has 1 aromatic heterocycles. The number of esters is 1. The van der Waals surface area contributed by atoms with E-state index in [1.165, 1.54) is 6.20 Å². The molecule has 0 aliphatic rings. The fraction of sp³-hybridized carbons (Fsp3) is 0.167. The first-order chi connectivity index (χ1) is 9.20. The minimum Gasteiger partial charge on any atom is -0.462 e. The van der Waals surface area contributed by atoms with Crippen molar-refractivity contribution in [3.8, 4) is 0 Å². The molecule has 7 heteroatoms. The summed E-state index contributed by atoms with van der Waals surface area (Å²) in [6, 6.07) is 6.52.